The summed E-state index contributed by atoms with van der Waals surface area (Å²) in [5.74, 6) is -10.8. The fourth-order valence-electron chi connectivity index (χ4n) is 9.46. The average Bonchev–Trinajstić information content (AvgIpc) is 4.18. The number of hydrogen-bond donors (Lipinski definition) is 4. The molecular formula is C46H61Cl2F6N7O7. The van der Waals surface area contributed by atoms with Crippen molar-refractivity contribution >= 4 is 64.6 Å². The molecule has 2 heterocycles. The van der Waals surface area contributed by atoms with Crippen molar-refractivity contribution in [2.75, 3.05) is 26.7 Å². The normalized spacial score (nSPS) is 27.4. The summed E-state index contributed by atoms with van der Waals surface area (Å²) in [6.07, 6.45) is -8.96. The number of benzene rings is 1. The number of carbonyl (C=O) groups is 7. The van der Waals surface area contributed by atoms with Crippen molar-refractivity contribution in [2.24, 2.45) is 23.2 Å². The van der Waals surface area contributed by atoms with E-state index in [4.69, 9.17) is 23.2 Å². The lowest BCUT2D eigenvalue weighted by Gasteiger charge is -2.48. The van der Waals surface area contributed by atoms with Gasteiger partial charge in [-0.25, -0.2) is 13.2 Å². The van der Waals surface area contributed by atoms with Gasteiger partial charge in [0.2, 0.25) is 41.4 Å². The summed E-state index contributed by atoms with van der Waals surface area (Å²) in [5, 5.41) is 11.6. The van der Waals surface area contributed by atoms with Crippen LogP contribution in [0.5, 0.6) is 0 Å². The molecule has 5 aliphatic rings. The summed E-state index contributed by atoms with van der Waals surface area (Å²) in [4.78, 5) is 103. The Morgan fingerprint density at radius 3 is 2.22 bits per heavy atom. The summed E-state index contributed by atoms with van der Waals surface area (Å²) in [6, 6.07) is -2.33. The number of likely N-dealkylation sites (N-methyl/N-ethyl adjacent to an activating group) is 1. The zero-order valence-electron chi connectivity index (χ0n) is 38.8. The molecule has 5 fully saturated rings. The van der Waals surface area contributed by atoms with Gasteiger partial charge in [-0.05, 0) is 107 Å². The van der Waals surface area contributed by atoms with Gasteiger partial charge in [-0.2, -0.15) is 13.2 Å². The third kappa shape index (κ3) is 12.2. The maximum Gasteiger partial charge on any atom is 0.403 e. The maximum absolute atomic E-state index is 15.0. The number of halogens is 8. The number of alkyl halides is 6. The van der Waals surface area contributed by atoms with E-state index in [1.165, 1.54) is 30.7 Å². The molecule has 0 radical (unpaired) electrons. The highest BCUT2D eigenvalue weighted by Crippen LogP contribution is 2.61. The zero-order chi connectivity index (χ0) is 50.3. The van der Waals surface area contributed by atoms with E-state index < -0.39 is 133 Å². The number of likely N-dealkylation sites (tertiary alicyclic amines) is 1. The van der Waals surface area contributed by atoms with E-state index >= 15 is 4.39 Å². The molecule has 1 aromatic carbocycles. The van der Waals surface area contributed by atoms with Gasteiger partial charge < -0.3 is 36.0 Å². The predicted octanol–water partition coefficient (Wildman–Crippen LogP) is 5.51. The van der Waals surface area contributed by atoms with Gasteiger partial charge >= 0.3 is 6.18 Å². The fraction of sp³-hybridized carbons (Fsp3) is 0.717. The summed E-state index contributed by atoms with van der Waals surface area (Å²) in [7, 11) is 1.39. The molecule has 2 saturated heterocycles. The lowest BCUT2D eigenvalue weighted by molar-refractivity contribution is -0.299. The molecule has 3 aliphatic carbocycles. The molecule has 4 N–H and O–H groups in total. The molecule has 14 nitrogen and oxygen atoms in total. The molecule has 6 rings (SSSR count). The van der Waals surface area contributed by atoms with Crippen LogP contribution in [0.2, 0.25) is 10.0 Å². The first kappa shape index (κ1) is 53.0. The second-order valence-corrected chi connectivity index (χ2v) is 21.2. The standard InChI is InChI=1S/C46H61Cl2F6N7O7/c1-24(2)16-31-39(65)59(5)33(18-27-17-28(47)13-14-30(27)48)38(64)58-43(3,4)41(67)55-15-7-6-8-32(36(62)56-31)60(20-25-9-10-25)40(66)35(26-11-12-26)57-37(63)34-19-29(49)21-61(34)42(68)44(46(52,53)54)22-45(50,51)23-44/h13-14,17,24-26,29,31-35H,6-12,15-16,18-23H2,1-5H3,(H,55,67)(H,56,62)(H,57,63)(H,58,64)/t29-,31+,32+,33+,34+,35+/m1/s1. The molecule has 68 heavy (non-hydrogen) atoms. The van der Waals surface area contributed by atoms with E-state index in [1.807, 2.05) is 13.8 Å². The molecule has 3 saturated carbocycles. The van der Waals surface area contributed by atoms with Crippen molar-refractivity contribution in [3.8, 4) is 0 Å². The van der Waals surface area contributed by atoms with Crippen LogP contribution in [0.4, 0.5) is 26.3 Å². The quantitative estimate of drug-likeness (QED) is 0.200. The summed E-state index contributed by atoms with van der Waals surface area (Å²) in [6.45, 7) is 5.89. The van der Waals surface area contributed by atoms with E-state index in [1.54, 1.807) is 18.2 Å². The van der Waals surface area contributed by atoms with Crippen molar-refractivity contribution in [1.29, 1.82) is 0 Å². The van der Waals surface area contributed by atoms with Crippen LogP contribution >= 0.6 is 23.2 Å². The van der Waals surface area contributed by atoms with Crippen LogP contribution in [-0.4, -0.2) is 137 Å². The second kappa shape index (κ2) is 20.6. The van der Waals surface area contributed by atoms with Crippen LogP contribution in [0.3, 0.4) is 0 Å². The molecule has 0 bridgehead atoms. The highest BCUT2D eigenvalue weighted by atomic mass is 35.5. The lowest BCUT2D eigenvalue weighted by Crippen LogP contribution is -2.65. The first-order chi connectivity index (χ1) is 31.6. The third-order valence-electron chi connectivity index (χ3n) is 13.7. The summed E-state index contributed by atoms with van der Waals surface area (Å²) < 4.78 is 85.8. The van der Waals surface area contributed by atoms with E-state index in [-0.39, 0.29) is 55.6 Å². The van der Waals surface area contributed by atoms with E-state index in [9.17, 15) is 55.5 Å². The Kier molecular flexibility index (Phi) is 16.0. The smallest absolute Gasteiger partial charge is 0.354 e. The van der Waals surface area contributed by atoms with Gasteiger partial charge in [0, 0.05) is 55.9 Å². The topological polar surface area (TPSA) is 177 Å². The van der Waals surface area contributed by atoms with Crippen LogP contribution in [0, 0.1) is 23.2 Å². The molecule has 0 unspecified atom stereocenters. The minimum absolute atomic E-state index is 0.0263. The Morgan fingerprint density at radius 1 is 0.971 bits per heavy atom. The van der Waals surface area contributed by atoms with Gasteiger partial charge in [0.25, 0.3) is 5.92 Å². The summed E-state index contributed by atoms with van der Waals surface area (Å²) in [5.41, 5.74) is -4.54. The van der Waals surface area contributed by atoms with Crippen LogP contribution in [0.15, 0.2) is 18.2 Å². The molecule has 1 aromatic rings. The Morgan fingerprint density at radius 2 is 1.63 bits per heavy atom. The van der Waals surface area contributed by atoms with Crippen LogP contribution in [0.1, 0.15) is 104 Å². The Labute approximate surface area is 401 Å². The molecular weight excluding hydrogens is 947 g/mol. The average molecular weight is 1010 g/mol. The minimum atomic E-state index is -5.42. The summed E-state index contributed by atoms with van der Waals surface area (Å²) >= 11 is 12.8. The molecule has 0 spiro atoms. The Hall–Kier alpha value is -4.33. The van der Waals surface area contributed by atoms with Crippen molar-refractivity contribution < 1.29 is 59.9 Å². The van der Waals surface area contributed by atoms with Crippen molar-refractivity contribution in [1.82, 2.24) is 36.0 Å². The maximum atomic E-state index is 15.0. The van der Waals surface area contributed by atoms with Gasteiger partial charge in [0.1, 0.15) is 41.9 Å². The first-order valence-electron chi connectivity index (χ1n) is 23.3. The number of nitrogens with one attached hydrogen (secondary N) is 4. The monoisotopic (exact) mass is 1010 g/mol. The van der Waals surface area contributed by atoms with Crippen molar-refractivity contribution in [3.63, 3.8) is 0 Å². The lowest BCUT2D eigenvalue weighted by atomic mass is 9.64. The highest BCUT2D eigenvalue weighted by molar-refractivity contribution is 6.33. The molecule has 7 amide bonds. The van der Waals surface area contributed by atoms with Crippen LogP contribution in [0.25, 0.3) is 0 Å². The molecule has 22 heteroatoms. The van der Waals surface area contributed by atoms with Crippen molar-refractivity contribution in [2.45, 2.75) is 159 Å². The van der Waals surface area contributed by atoms with Gasteiger partial charge in [-0.1, -0.05) is 37.0 Å². The third-order valence-corrected chi connectivity index (χ3v) is 14.3. The van der Waals surface area contributed by atoms with Gasteiger partial charge in [0.05, 0.1) is 6.54 Å². The van der Waals surface area contributed by atoms with E-state index in [0.29, 0.717) is 47.6 Å². The molecule has 6 atom stereocenters. The largest absolute Gasteiger partial charge is 0.403 e. The Bertz CT molecular complexity index is 2110. The van der Waals surface area contributed by atoms with Crippen LogP contribution in [-0.2, 0) is 40.0 Å². The highest BCUT2D eigenvalue weighted by Gasteiger charge is 2.75. The SMILES string of the molecule is CC(C)C[C@@H]1NC(=O)[C@@H](N(CC2CC2)C(=O)[C@@H](NC(=O)[C@@H]2C[C@@H](F)CN2C(=O)C2(C(F)(F)F)CC(F)(F)C2)C2CC2)CCCCNC(=O)C(C)(C)NC(=O)[C@H](Cc2cc(Cl)ccc2Cl)N(C)C1=O. The number of rotatable bonds is 12. The van der Waals surface area contributed by atoms with Gasteiger partial charge in [-0.3, -0.25) is 33.6 Å². The molecule has 2 aliphatic heterocycles. The van der Waals surface area contributed by atoms with Gasteiger partial charge in [-0.15, -0.1) is 0 Å². The zero-order valence-corrected chi connectivity index (χ0v) is 40.3. The first-order valence-corrected chi connectivity index (χ1v) is 24.0. The van der Waals surface area contributed by atoms with Gasteiger partial charge in [0.15, 0.2) is 5.41 Å². The van der Waals surface area contributed by atoms with Crippen molar-refractivity contribution in [3.05, 3.63) is 33.8 Å². The number of hydrogen-bond acceptors (Lipinski definition) is 7. The number of nitrogens with zero attached hydrogens (tertiary/aromatic N) is 3. The second-order valence-electron chi connectivity index (χ2n) is 20.3. The molecule has 0 aromatic heterocycles. The Balaban J connectivity index is 1.30. The van der Waals surface area contributed by atoms with Crippen LogP contribution < -0.4 is 21.3 Å². The molecule has 378 valence electrons. The van der Waals surface area contributed by atoms with E-state index in [0.717, 1.165) is 0 Å². The minimum Gasteiger partial charge on any atom is -0.354 e. The number of amides is 7. The fourth-order valence-corrected chi connectivity index (χ4v) is 9.85. The number of carbonyl (C=O) groups excluding carboxylic acids is 7. The van der Waals surface area contributed by atoms with E-state index in [2.05, 4.69) is 21.3 Å². The predicted molar refractivity (Wildman–Crippen MR) is 238 cm³/mol.